The van der Waals surface area contributed by atoms with Gasteiger partial charge in [-0.15, -0.1) is 11.6 Å². The lowest BCUT2D eigenvalue weighted by Crippen LogP contribution is -2.34. The predicted molar refractivity (Wildman–Crippen MR) is 64.0 cm³/mol. The van der Waals surface area contributed by atoms with Crippen LogP contribution in [-0.2, 0) is 0 Å². The van der Waals surface area contributed by atoms with E-state index in [0.29, 0.717) is 0 Å². The van der Waals surface area contributed by atoms with Crippen LogP contribution in [0, 0.1) is 0 Å². The average molecular weight is 292 g/mol. The Hall–Kier alpha value is -0.410. The van der Waals surface area contributed by atoms with Gasteiger partial charge in [0.25, 0.3) is 0 Å². The fourth-order valence-corrected chi connectivity index (χ4v) is 2.25. The highest BCUT2D eigenvalue weighted by atomic mass is 79.9. The van der Waals surface area contributed by atoms with Crippen LogP contribution in [0.4, 0.5) is 0 Å². The van der Waals surface area contributed by atoms with Crippen molar-refractivity contribution in [3.8, 4) is 11.5 Å². The minimum absolute atomic E-state index is 0.238. The molecule has 0 N–H and O–H groups in total. The number of methoxy groups -OCH3 is 1. The molecule has 0 bridgehead atoms. The van der Waals surface area contributed by atoms with Gasteiger partial charge in [-0.05, 0) is 18.2 Å². The molecule has 0 aromatic heterocycles. The Balaban J connectivity index is 2.07. The highest BCUT2D eigenvalue weighted by Gasteiger charge is 2.29. The van der Waals surface area contributed by atoms with E-state index in [1.54, 1.807) is 7.11 Å². The van der Waals surface area contributed by atoms with E-state index in [0.717, 1.165) is 28.8 Å². The molecule has 2 rings (SSSR count). The Morgan fingerprint density at radius 2 is 2.07 bits per heavy atom. The fraction of sp³-hybridized carbons (Fsp3) is 0.455. The van der Waals surface area contributed by atoms with Crippen LogP contribution < -0.4 is 9.47 Å². The normalized spacial score (nSPS) is 24.5. The first-order valence-corrected chi connectivity index (χ1v) is 6.06. The SMILES string of the molecule is COc1cc(Br)ccc1OC1CC(Cl)C1. The molecule has 0 atom stereocenters. The van der Waals surface area contributed by atoms with Crippen molar-refractivity contribution in [2.45, 2.75) is 24.3 Å². The van der Waals surface area contributed by atoms with Crippen LogP contribution >= 0.6 is 27.5 Å². The van der Waals surface area contributed by atoms with Crippen LogP contribution in [0.5, 0.6) is 11.5 Å². The van der Waals surface area contributed by atoms with E-state index >= 15 is 0 Å². The molecule has 0 heterocycles. The standard InChI is InChI=1S/C11H12BrClO2/c1-14-11-4-7(12)2-3-10(11)15-9-5-8(13)6-9/h2-4,8-9H,5-6H2,1H3. The van der Waals surface area contributed by atoms with Crippen LogP contribution in [0.1, 0.15) is 12.8 Å². The molecule has 4 heteroatoms. The lowest BCUT2D eigenvalue weighted by Gasteiger charge is -2.31. The van der Waals surface area contributed by atoms with E-state index in [9.17, 15) is 0 Å². The zero-order chi connectivity index (χ0) is 10.8. The van der Waals surface area contributed by atoms with Gasteiger partial charge in [0.1, 0.15) is 6.10 Å². The summed E-state index contributed by atoms with van der Waals surface area (Å²) in [5.41, 5.74) is 0. The molecule has 0 amide bonds. The zero-order valence-corrected chi connectivity index (χ0v) is 10.7. The average Bonchev–Trinajstić information content (AvgIpc) is 2.18. The Morgan fingerprint density at radius 1 is 1.33 bits per heavy atom. The third-order valence-electron chi connectivity index (χ3n) is 2.46. The molecule has 1 aromatic carbocycles. The monoisotopic (exact) mass is 290 g/mol. The number of benzene rings is 1. The second-order valence-electron chi connectivity index (χ2n) is 3.60. The highest BCUT2D eigenvalue weighted by molar-refractivity contribution is 9.10. The Morgan fingerprint density at radius 3 is 2.67 bits per heavy atom. The summed E-state index contributed by atoms with van der Waals surface area (Å²) in [6, 6.07) is 5.74. The topological polar surface area (TPSA) is 18.5 Å². The lowest BCUT2D eigenvalue weighted by atomic mass is 9.95. The van der Waals surface area contributed by atoms with Crippen molar-refractivity contribution in [3.05, 3.63) is 22.7 Å². The van der Waals surface area contributed by atoms with Crippen molar-refractivity contribution in [1.29, 1.82) is 0 Å². The highest BCUT2D eigenvalue weighted by Crippen LogP contribution is 2.35. The van der Waals surface area contributed by atoms with Gasteiger partial charge in [-0.25, -0.2) is 0 Å². The number of hydrogen-bond acceptors (Lipinski definition) is 2. The van der Waals surface area contributed by atoms with Crippen LogP contribution in [0.25, 0.3) is 0 Å². The van der Waals surface area contributed by atoms with E-state index < -0.39 is 0 Å². The summed E-state index contributed by atoms with van der Waals surface area (Å²) < 4.78 is 12.0. The van der Waals surface area contributed by atoms with Gasteiger partial charge in [-0.2, -0.15) is 0 Å². The zero-order valence-electron chi connectivity index (χ0n) is 8.37. The van der Waals surface area contributed by atoms with E-state index in [1.807, 2.05) is 18.2 Å². The third-order valence-corrected chi connectivity index (χ3v) is 3.31. The first-order chi connectivity index (χ1) is 7.19. The summed E-state index contributed by atoms with van der Waals surface area (Å²) in [6.07, 6.45) is 2.07. The molecule has 1 aliphatic rings. The molecular weight excluding hydrogens is 279 g/mol. The maximum absolute atomic E-state index is 5.89. The number of halogens is 2. The van der Waals surface area contributed by atoms with Gasteiger partial charge in [0.05, 0.1) is 7.11 Å². The van der Waals surface area contributed by atoms with Crippen molar-refractivity contribution in [2.24, 2.45) is 0 Å². The molecule has 15 heavy (non-hydrogen) atoms. The van der Waals surface area contributed by atoms with Crippen molar-refractivity contribution in [1.82, 2.24) is 0 Å². The molecular formula is C11H12BrClO2. The quantitative estimate of drug-likeness (QED) is 0.792. The molecule has 1 fully saturated rings. The summed E-state index contributed by atoms with van der Waals surface area (Å²) in [5, 5.41) is 0.274. The summed E-state index contributed by atoms with van der Waals surface area (Å²) in [7, 11) is 1.64. The summed E-state index contributed by atoms with van der Waals surface area (Å²) in [5.74, 6) is 1.54. The molecule has 0 saturated heterocycles. The lowest BCUT2D eigenvalue weighted by molar-refractivity contribution is 0.120. The number of alkyl halides is 1. The molecule has 82 valence electrons. The van der Waals surface area contributed by atoms with Crippen LogP contribution in [-0.4, -0.2) is 18.6 Å². The molecule has 2 nitrogen and oxygen atoms in total. The van der Waals surface area contributed by atoms with Crippen molar-refractivity contribution >= 4 is 27.5 Å². The maximum atomic E-state index is 5.89. The van der Waals surface area contributed by atoms with Gasteiger partial charge < -0.3 is 9.47 Å². The molecule has 0 radical (unpaired) electrons. The fourth-order valence-electron chi connectivity index (χ4n) is 1.52. The molecule has 1 aliphatic carbocycles. The minimum Gasteiger partial charge on any atom is -0.493 e. The summed E-state index contributed by atoms with van der Waals surface area (Å²) >= 11 is 9.28. The number of ether oxygens (including phenoxy) is 2. The predicted octanol–water partition coefficient (Wildman–Crippen LogP) is 3.61. The van der Waals surface area contributed by atoms with Gasteiger partial charge in [0, 0.05) is 22.7 Å². The van der Waals surface area contributed by atoms with Gasteiger partial charge in [-0.3, -0.25) is 0 Å². The first-order valence-electron chi connectivity index (χ1n) is 4.83. The smallest absolute Gasteiger partial charge is 0.161 e. The Labute approximate surface area is 103 Å². The van der Waals surface area contributed by atoms with E-state index in [1.165, 1.54) is 0 Å². The van der Waals surface area contributed by atoms with Crippen molar-refractivity contribution < 1.29 is 9.47 Å². The minimum atomic E-state index is 0.238. The molecule has 0 spiro atoms. The van der Waals surface area contributed by atoms with Crippen LogP contribution in [0.3, 0.4) is 0 Å². The van der Waals surface area contributed by atoms with E-state index in [-0.39, 0.29) is 11.5 Å². The summed E-state index contributed by atoms with van der Waals surface area (Å²) in [6.45, 7) is 0. The van der Waals surface area contributed by atoms with E-state index in [4.69, 9.17) is 21.1 Å². The molecule has 1 aromatic rings. The Bertz CT molecular complexity index is 350. The van der Waals surface area contributed by atoms with Crippen molar-refractivity contribution in [2.75, 3.05) is 7.11 Å². The van der Waals surface area contributed by atoms with Crippen LogP contribution in [0.2, 0.25) is 0 Å². The van der Waals surface area contributed by atoms with Gasteiger partial charge in [-0.1, -0.05) is 15.9 Å². The number of hydrogen-bond donors (Lipinski definition) is 0. The second-order valence-corrected chi connectivity index (χ2v) is 5.14. The van der Waals surface area contributed by atoms with E-state index in [2.05, 4.69) is 15.9 Å². The third kappa shape index (κ3) is 2.58. The Kier molecular flexibility index (Phi) is 3.42. The number of rotatable bonds is 3. The molecule has 0 aliphatic heterocycles. The van der Waals surface area contributed by atoms with Crippen molar-refractivity contribution in [3.63, 3.8) is 0 Å². The first kappa shape index (κ1) is 11.1. The largest absolute Gasteiger partial charge is 0.493 e. The molecule has 1 saturated carbocycles. The van der Waals surface area contributed by atoms with Gasteiger partial charge >= 0.3 is 0 Å². The second kappa shape index (κ2) is 4.62. The van der Waals surface area contributed by atoms with Gasteiger partial charge in [0.15, 0.2) is 11.5 Å². The summed E-state index contributed by atoms with van der Waals surface area (Å²) in [4.78, 5) is 0. The maximum Gasteiger partial charge on any atom is 0.161 e. The molecule has 0 unspecified atom stereocenters. The van der Waals surface area contributed by atoms with Crippen LogP contribution in [0.15, 0.2) is 22.7 Å². The van der Waals surface area contributed by atoms with Gasteiger partial charge in [0.2, 0.25) is 0 Å².